The number of aryl methyl sites for hydroxylation is 1. The molecule has 1 amide bonds. The number of benzene rings is 1. The van der Waals surface area contributed by atoms with E-state index in [4.69, 9.17) is 9.47 Å². The van der Waals surface area contributed by atoms with Crippen molar-refractivity contribution in [3.8, 4) is 5.75 Å². The van der Waals surface area contributed by atoms with Gasteiger partial charge in [0.05, 0.1) is 13.2 Å². The van der Waals surface area contributed by atoms with E-state index in [9.17, 15) is 13.6 Å². The van der Waals surface area contributed by atoms with Crippen molar-refractivity contribution < 1.29 is 55.8 Å². The Bertz CT molecular complexity index is 622. The number of carbonyl (C=O) groups excluding carboxylic acids is 1. The van der Waals surface area contributed by atoms with Crippen LogP contribution in [0, 0.1) is 18.9 Å². The van der Waals surface area contributed by atoms with Crippen LogP contribution in [0.4, 0.5) is 8.78 Å². The molecule has 0 bridgehead atoms. The van der Waals surface area contributed by atoms with Gasteiger partial charge in [0.15, 0.2) is 0 Å². The number of halogens is 2. The number of amides is 1. The second-order valence-corrected chi connectivity index (χ2v) is 5.79. The molecule has 0 spiro atoms. The van der Waals surface area contributed by atoms with E-state index in [0.717, 1.165) is 16.0 Å². The Kier molecular flexibility index (Phi) is 9.18. The molecule has 1 unspecified atom stereocenters. The number of allylic oxidation sites excluding steroid dienone is 1. The first kappa shape index (κ1) is 22.2. The fraction of sp³-hybridized carbons (Fsp3) is 0.500. The normalized spacial score (nSPS) is 17.4. The van der Waals surface area contributed by atoms with Crippen molar-refractivity contribution in [2.75, 3.05) is 26.9 Å². The summed E-state index contributed by atoms with van der Waals surface area (Å²) in [5.74, 6) is 0.0538. The molecule has 25 heavy (non-hydrogen) atoms. The molecule has 0 saturated carbocycles. The summed E-state index contributed by atoms with van der Waals surface area (Å²) in [6, 6.07) is 5.36. The smallest absolute Gasteiger partial charge is 0.256 e. The Morgan fingerprint density at radius 1 is 1.36 bits per heavy atom. The first-order valence-corrected chi connectivity index (χ1v) is 7.87. The largest absolute Gasteiger partial charge is 0.491 e. The van der Waals surface area contributed by atoms with Gasteiger partial charge in [-0.3, -0.25) is 4.79 Å². The Balaban J connectivity index is 0.00000312. The van der Waals surface area contributed by atoms with E-state index in [-0.39, 0.29) is 44.5 Å². The summed E-state index contributed by atoms with van der Waals surface area (Å²) in [6.45, 7) is 3.88. The quantitative estimate of drug-likeness (QED) is 0.495. The molecular formula is C18H22F2NO3Y-. The molecule has 1 aromatic rings. The summed E-state index contributed by atoms with van der Waals surface area (Å²) in [7, 11) is 1.60. The van der Waals surface area contributed by atoms with Gasteiger partial charge in [0.25, 0.3) is 6.43 Å². The summed E-state index contributed by atoms with van der Waals surface area (Å²) >= 11 is 0. The van der Waals surface area contributed by atoms with Gasteiger partial charge in [-0.15, -0.1) is 22.9 Å². The van der Waals surface area contributed by atoms with Gasteiger partial charge in [0.2, 0.25) is 5.91 Å². The van der Waals surface area contributed by atoms with Crippen molar-refractivity contribution in [3.63, 3.8) is 0 Å². The number of alkyl halides is 2. The molecule has 0 saturated heterocycles. The van der Waals surface area contributed by atoms with E-state index < -0.39 is 13.0 Å². The molecule has 0 N–H and O–H groups in total. The van der Waals surface area contributed by atoms with Crippen LogP contribution in [-0.2, 0) is 42.2 Å². The summed E-state index contributed by atoms with van der Waals surface area (Å²) in [4.78, 5) is 13.4. The topological polar surface area (TPSA) is 38.8 Å². The zero-order valence-corrected chi connectivity index (χ0v) is 17.6. The SMILES string of the molecule is COCCOc1ccc(C2=[C-]CC(C)C(=O)N2CC(F)F)c(C)c1.[Y]. The first-order chi connectivity index (χ1) is 11.4. The Morgan fingerprint density at radius 3 is 2.68 bits per heavy atom. The van der Waals surface area contributed by atoms with E-state index in [0.29, 0.717) is 31.1 Å². The third-order valence-corrected chi connectivity index (χ3v) is 3.86. The molecular weight excluding hydrogens is 405 g/mol. The summed E-state index contributed by atoms with van der Waals surface area (Å²) < 4.78 is 36.2. The fourth-order valence-corrected chi connectivity index (χ4v) is 2.60. The van der Waals surface area contributed by atoms with Gasteiger partial charge < -0.3 is 14.4 Å². The number of hydrogen-bond acceptors (Lipinski definition) is 3. The Labute approximate surface area is 172 Å². The van der Waals surface area contributed by atoms with Crippen molar-refractivity contribution in [3.05, 3.63) is 35.4 Å². The van der Waals surface area contributed by atoms with Gasteiger partial charge in [-0.1, -0.05) is 20.3 Å². The predicted octanol–water partition coefficient (Wildman–Crippen LogP) is 3.30. The zero-order chi connectivity index (χ0) is 17.7. The number of ether oxygens (including phenoxy) is 2. The molecule has 2 rings (SSSR count). The summed E-state index contributed by atoms with van der Waals surface area (Å²) in [6.07, 6.45) is 0.951. The van der Waals surface area contributed by atoms with Crippen LogP contribution in [0.2, 0.25) is 0 Å². The molecule has 1 radical (unpaired) electrons. The predicted molar refractivity (Wildman–Crippen MR) is 86.7 cm³/mol. The van der Waals surface area contributed by atoms with Crippen molar-refractivity contribution in [1.29, 1.82) is 0 Å². The van der Waals surface area contributed by atoms with Gasteiger partial charge >= 0.3 is 0 Å². The van der Waals surface area contributed by atoms with Crippen LogP contribution < -0.4 is 4.74 Å². The van der Waals surface area contributed by atoms with Crippen LogP contribution in [-0.4, -0.2) is 44.1 Å². The average molecular weight is 427 g/mol. The van der Waals surface area contributed by atoms with E-state index in [1.54, 1.807) is 26.2 Å². The number of methoxy groups -OCH3 is 1. The monoisotopic (exact) mass is 427 g/mol. The van der Waals surface area contributed by atoms with Crippen LogP contribution >= 0.6 is 0 Å². The second-order valence-electron chi connectivity index (χ2n) is 5.79. The Hall–Kier alpha value is -0.846. The van der Waals surface area contributed by atoms with E-state index in [2.05, 4.69) is 6.08 Å². The molecule has 0 aromatic heterocycles. The average Bonchev–Trinajstić information content (AvgIpc) is 2.53. The third-order valence-electron chi connectivity index (χ3n) is 3.86. The first-order valence-electron chi connectivity index (χ1n) is 7.87. The molecule has 4 nitrogen and oxygen atoms in total. The molecule has 135 valence electrons. The molecule has 1 aromatic carbocycles. The molecule has 1 atom stereocenters. The van der Waals surface area contributed by atoms with Gasteiger partial charge in [-0.25, -0.2) is 14.9 Å². The van der Waals surface area contributed by atoms with E-state index >= 15 is 0 Å². The maximum absolute atomic E-state index is 12.9. The number of carbonyl (C=O) groups is 1. The van der Waals surface area contributed by atoms with Crippen molar-refractivity contribution >= 4 is 11.6 Å². The zero-order valence-electron chi connectivity index (χ0n) is 14.7. The van der Waals surface area contributed by atoms with Crippen molar-refractivity contribution in [1.82, 2.24) is 4.90 Å². The van der Waals surface area contributed by atoms with Gasteiger partial charge in [-0.2, -0.15) is 0 Å². The summed E-state index contributed by atoms with van der Waals surface area (Å²) in [5.41, 5.74) is 1.99. The van der Waals surface area contributed by atoms with E-state index in [1.807, 2.05) is 13.0 Å². The fourth-order valence-electron chi connectivity index (χ4n) is 2.60. The molecule has 1 heterocycles. The maximum Gasteiger partial charge on any atom is 0.256 e. The number of nitrogens with zero attached hydrogens (tertiary/aromatic N) is 1. The Morgan fingerprint density at radius 2 is 2.08 bits per heavy atom. The van der Waals surface area contributed by atoms with Gasteiger partial charge in [0.1, 0.15) is 12.4 Å². The minimum Gasteiger partial charge on any atom is -0.491 e. The van der Waals surface area contributed by atoms with Crippen LogP contribution in [0.25, 0.3) is 5.70 Å². The van der Waals surface area contributed by atoms with Crippen LogP contribution in [0.15, 0.2) is 18.2 Å². The second kappa shape index (κ2) is 10.3. The third kappa shape index (κ3) is 5.83. The van der Waals surface area contributed by atoms with Crippen LogP contribution in [0.3, 0.4) is 0 Å². The van der Waals surface area contributed by atoms with E-state index in [1.165, 1.54) is 0 Å². The van der Waals surface area contributed by atoms with Gasteiger partial charge in [-0.05, 0) is 12.1 Å². The number of rotatable bonds is 7. The molecule has 0 fully saturated rings. The molecule has 1 aliphatic rings. The van der Waals surface area contributed by atoms with Crippen LogP contribution in [0.5, 0.6) is 5.75 Å². The molecule has 1 aliphatic heterocycles. The van der Waals surface area contributed by atoms with Crippen LogP contribution in [0.1, 0.15) is 24.5 Å². The standard InChI is InChI=1S/C18H22F2NO3.Y/c1-12-4-7-16(21(18(12)22)11-17(19)20)15-6-5-14(10-13(15)2)24-9-8-23-3;/h5-6,10,12,17H,4,8-9,11H2,1-3H3;/q-1;. The van der Waals surface area contributed by atoms with Crippen molar-refractivity contribution in [2.45, 2.75) is 26.7 Å². The number of hydrogen-bond donors (Lipinski definition) is 0. The maximum atomic E-state index is 12.9. The molecule has 7 heteroatoms. The van der Waals surface area contributed by atoms with Gasteiger partial charge in [0, 0.05) is 45.7 Å². The molecule has 0 aliphatic carbocycles. The summed E-state index contributed by atoms with van der Waals surface area (Å²) in [5, 5.41) is 0. The minimum atomic E-state index is -2.59. The minimum absolute atomic E-state index is 0. The van der Waals surface area contributed by atoms with Crippen molar-refractivity contribution in [2.24, 2.45) is 5.92 Å².